The summed E-state index contributed by atoms with van der Waals surface area (Å²) in [7, 11) is 1.57. The Morgan fingerprint density at radius 1 is 1.28 bits per heavy atom. The first-order chi connectivity index (χ1) is 15.4. The summed E-state index contributed by atoms with van der Waals surface area (Å²) >= 11 is 0. The summed E-state index contributed by atoms with van der Waals surface area (Å²) in [4.78, 5) is 51.9. The fourth-order valence-electron chi connectivity index (χ4n) is 3.50. The van der Waals surface area contributed by atoms with Gasteiger partial charge < -0.3 is 9.64 Å². The number of rotatable bonds is 9. The van der Waals surface area contributed by atoms with Crippen LogP contribution in [0.15, 0.2) is 40.1 Å². The number of amides is 1. The average molecular weight is 440 g/mol. The predicted molar refractivity (Wildman–Crippen MR) is 122 cm³/mol. The van der Waals surface area contributed by atoms with Crippen molar-refractivity contribution in [2.24, 2.45) is 0 Å². The van der Waals surface area contributed by atoms with Gasteiger partial charge in [0.15, 0.2) is 5.65 Å². The van der Waals surface area contributed by atoms with Crippen molar-refractivity contribution in [1.82, 2.24) is 24.4 Å². The van der Waals surface area contributed by atoms with Crippen LogP contribution in [0.25, 0.3) is 11.0 Å². The highest BCUT2D eigenvalue weighted by Gasteiger charge is 2.24. The Bertz CT molecular complexity index is 1200. The number of aryl methyl sites for hydroxylation is 1. The number of methoxy groups -OCH3 is 1. The highest BCUT2D eigenvalue weighted by molar-refractivity contribution is 6.05. The number of hydrogen-bond donors (Lipinski definition) is 1. The number of carbonyl (C=O) groups excluding carboxylic acids is 1. The van der Waals surface area contributed by atoms with Crippen molar-refractivity contribution in [3.8, 4) is 0 Å². The first-order valence-corrected chi connectivity index (χ1v) is 10.7. The summed E-state index contributed by atoms with van der Waals surface area (Å²) < 4.78 is 6.62. The minimum absolute atomic E-state index is 0.00127. The van der Waals surface area contributed by atoms with E-state index >= 15 is 0 Å². The summed E-state index contributed by atoms with van der Waals surface area (Å²) in [5.74, 6) is -0.340. The topological polar surface area (TPSA) is 110 Å². The number of aromatic amines is 1. The van der Waals surface area contributed by atoms with Crippen LogP contribution >= 0.6 is 0 Å². The van der Waals surface area contributed by atoms with Crippen LogP contribution in [0.2, 0.25) is 0 Å². The van der Waals surface area contributed by atoms with E-state index in [4.69, 9.17) is 4.74 Å². The summed E-state index contributed by atoms with van der Waals surface area (Å²) in [6.45, 7) is 7.13. The summed E-state index contributed by atoms with van der Waals surface area (Å²) in [5.41, 5.74) is 0.668. The lowest BCUT2D eigenvalue weighted by Crippen LogP contribution is -2.36. The third-order valence-electron chi connectivity index (χ3n) is 5.17. The number of nitrogens with one attached hydrogen (secondary N) is 1. The van der Waals surface area contributed by atoms with Gasteiger partial charge in [-0.2, -0.15) is 0 Å². The van der Waals surface area contributed by atoms with Crippen LogP contribution in [0.5, 0.6) is 0 Å². The van der Waals surface area contributed by atoms with E-state index < -0.39 is 11.2 Å². The molecule has 0 aliphatic carbocycles. The highest BCUT2D eigenvalue weighted by atomic mass is 16.5. The number of nitrogens with zero attached hydrogens (tertiary/aromatic N) is 4. The van der Waals surface area contributed by atoms with Crippen LogP contribution in [-0.2, 0) is 17.8 Å². The summed E-state index contributed by atoms with van der Waals surface area (Å²) in [5, 5.41) is 0.121. The number of carbonyl (C=O) groups is 1. The van der Waals surface area contributed by atoms with Gasteiger partial charge in [0, 0.05) is 32.1 Å². The fourth-order valence-corrected chi connectivity index (χ4v) is 3.50. The van der Waals surface area contributed by atoms with Crippen LogP contribution in [0.4, 0.5) is 0 Å². The van der Waals surface area contributed by atoms with Crippen molar-refractivity contribution in [3.05, 3.63) is 68.3 Å². The molecule has 3 aromatic rings. The van der Waals surface area contributed by atoms with Gasteiger partial charge >= 0.3 is 5.69 Å². The van der Waals surface area contributed by atoms with E-state index in [1.807, 2.05) is 39.0 Å². The molecule has 9 nitrogen and oxygen atoms in total. The minimum Gasteiger partial charge on any atom is -0.383 e. The van der Waals surface area contributed by atoms with Gasteiger partial charge in [0.1, 0.15) is 0 Å². The van der Waals surface area contributed by atoms with Crippen molar-refractivity contribution in [2.45, 2.75) is 46.2 Å². The first-order valence-electron chi connectivity index (χ1n) is 10.7. The molecular formula is C23H29N5O4. The number of hydrogen-bond acceptors (Lipinski definition) is 6. The van der Waals surface area contributed by atoms with Crippen molar-refractivity contribution in [1.29, 1.82) is 0 Å². The fraction of sp³-hybridized carbons (Fsp3) is 0.435. The lowest BCUT2D eigenvalue weighted by Gasteiger charge is -2.23. The lowest BCUT2D eigenvalue weighted by molar-refractivity contribution is 0.0679. The number of ether oxygens (including phenoxy) is 1. The molecule has 0 fully saturated rings. The number of H-pyrrole nitrogens is 1. The Balaban J connectivity index is 2.21. The predicted octanol–water partition coefficient (Wildman–Crippen LogP) is 2.30. The van der Waals surface area contributed by atoms with Crippen molar-refractivity contribution in [3.63, 3.8) is 0 Å². The molecule has 0 spiro atoms. The van der Waals surface area contributed by atoms with Gasteiger partial charge in [-0.15, -0.1) is 0 Å². The van der Waals surface area contributed by atoms with E-state index in [9.17, 15) is 14.4 Å². The lowest BCUT2D eigenvalue weighted by atomic mass is 10.0. The Labute approximate surface area is 186 Å². The molecule has 3 rings (SSSR count). The maximum absolute atomic E-state index is 13.7. The summed E-state index contributed by atoms with van der Waals surface area (Å²) in [6, 6.07) is 7.16. The second-order valence-electron chi connectivity index (χ2n) is 7.90. The quantitative estimate of drug-likeness (QED) is 0.548. The molecule has 9 heteroatoms. The molecule has 0 radical (unpaired) electrons. The zero-order valence-electron chi connectivity index (χ0n) is 18.9. The van der Waals surface area contributed by atoms with Crippen LogP contribution in [0.3, 0.4) is 0 Å². The molecule has 0 bridgehead atoms. The molecule has 0 aliphatic rings. The van der Waals surface area contributed by atoms with Gasteiger partial charge in [0.25, 0.3) is 11.5 Å². The normalized spacial score (nSPS) is 11.3. The van der Waals surface area contributed by atoms with E-state index in [0.717, 1.165) is 5.69 Å². The maximum atomic E-state index is 13.7. The molecule has 0 atom stereocenters. The molecule has 0 aliphatic heterocycles. The molecular weight excluding hydrogens is 410 g/mol. The molecule has 0 unspecified atom stereocenters. The van der Waals surface area contributed by atoms with E-state index in [1.165, 1.54) is 4.57 Å². The average Bonchev–Trinajstić information content (AvgIpc) is 2.78. The zero-order chi connectivity index (χ0) is 23.3. The Kier molecular flexibility index (Phi) is 7.53. The minimum atomic E-state index is -0.618. The third kappa shape index (κ3) is 4.94. The standard InChI is InChI=1S/C23H29N5O4/c1-5-10-28-20-19(21(29)26-23(28)31)17(13-18(25-20)15(2)3)22(30)27(11-12-32-4)14-16-8-6-7-9-24-16/h6-9,13,15H,5,10-12,14H2,1-4H3,(H,26,29,31). The highest BCUT2D eigenvalue weighted by Crippen LogP contribution is 2.22. The van der Waals surface area contributed by atoms with E-state index in [1.54, 1.807) is 24.3 Å². The van der Waals surface area contributed by atoms with Crippen LogP contribution < -0.4 is 11.2 Å². The molecule has 1 N–H and O–H groups in total. The van der Waals surface area contributed by atoms with Gasteiger partial charge in [0.05, 0.1) is 29.8 Å². The maximum Gasteiger partial charge on any atom is 0.329 e. The molecule has 0 saturated heterocycles. The molecule has 170 valence electrons. The second-order valence-corrected chi connectivity index (χ2v) is 7.90. The molecule has 0 saturated carbocycles. The summed E-state index contributed by atoms with van der Waals surface area (Å²) in [6.07, 6.45) is 2.35. The van der Waals surface area contributed by atoms with E-state index in [-0.39, 0.29) is 35.0 Å². The van der Waals surface area contributed by atoms with Gasteiger partial charge in [0.2, 0.25) is 0 Å². The Morgan fingerprint density at radius 2 is 2.06 bits per heavy atom. The monoisotopic (exact) mass is 439 g/mol. The molecule has 3 aromatic heterocycles. The SMILES string of the molecule is CCCn1c(=O)[nH]c(=O)c2c(C(=O)N(CCOC)Cc3ccccn3)cc(C(C)C)nc21. The van der Waals surface area contributed by atoms with Gasteiger partial charge in [-0.3, -0.25) is 24.1 Å². The van der Waals surface area contributed by atoms with Crippen LogP contribution in [0, 0.1) is 0 Å². The Hall–Kier alpha value is -3.33. The Morgan fingerprint density at radius 3 is 2.69 bits per heavy atom. The zero-order valence-corrected chi connectivity index (χ0v) is 18.9. The van der Waals surface area contributed by atoms with Crippen LogP contribution in [0.1, 0.15) is 54.9 Å². The third-order valence-corrected chi connectivity index (χ3v) is 5.17. The molecule has 1 amide bonds. The van der Waals surface area contributed by atoms with Gasteiger partial charge in [-0.05, 0) is 30.5 Å². The van der Waals surface area contributed by atoms with Crippen molar-refractivity contribution >= 4 is 16.9 Å². The second kappa shape index (κ2) is 10.3. The van der Waals surface area contributed by atoms with E-state index in [2.05, 4.69) is 15.0 Å². The number of aromatic nitrogens is 4. The van der Waals surface area contributed by atoms with Gasteiger partial charge in [-0.25, -0.2) is 9.78 Å². The largest absolute Gasteiger partial charge is 0.383 e. The smallest absolute Gasteiger partial charge is 0.329 e. The van der Waals surface area contributed by atoms with Crippen molar-refractivity contribution in [2.75, 3.05) is 20.3 Å². The number of pyridine rings is 2. The first kappa shape index (κ1) is 23.3. The molecule has 0 aromatic carbocycles. The number of fused-ring (bicyclic) bond motifs is 1. The molecule has 32 heavy (non-hydrogen) atoms. The van der Waals surface area contributed by atoms with E-state index in [0.29, 0.717) is 31.8 Å². The van der Waals surface area contributed by atoms with Crippen molar-refractivity contribution < 1.29 is 9.53 Å². The van der Waals surface area contributed by atoms with Crippen LogP contribution in [-0.4, -0.2) is 50.6 Å². The molecule has 3 heterocycles. The van der Waals surface area contributed by atoms with Gasteiger partial charge in [-0.1, -0.05) is 26.8 Å².